The van der Waals surface area contributed by atoms with Gasteiger partial charge in [-0.05, 0) is 36.5 Å². The van der Waals surface area contributed by atoms with Crippen LogP contribution in [0.2, 0.25) is 0 Å². The second kappa shape index (κ2) is 12.6. The number of Topliss-reactive ketones (excluding diaryl/α,β-unsaturated/α-hetero) is 1. The zero-order chi connectivity index (χ0) is 21.3. The zero-order valence-corrected chi connectivity index (χ0v) is 21.0. The minimum absolute atomic E-state index is 0. The van der Waals surface area contributed by atoms with E-state index in [0.29, 0.717) is 24.3 Å². The lowest BCUT2D eigenvalue weighted by Crippen LogP contribution is -2.52. The molecule has 0 saturated carbocycles. The van der Waals surface area contributed by atoms with E-state index in [1.54, 1.807) is 11.0 Å². The number of ketones is 1. The quantitative estimate of drug-likeness (QED) is 0.638. The monoisotopic (exact) mass is 510 g/mol. The van der Waals surface area contributed by atoms with Gasteiger partial charge in [-0.1, -0.05) is 51.6 Å². The van der Waals surface area contributed by atoms with Gasteiger partial charge in [0.25, 0.3) is 5.91 Å². The Morgan fingerprint density at radius 1 is 1.15 bits per heavy atom. The average molecular weight is 511 g/mol. The highest BCUT2D eigenvalue weighted by molar-refractivity contribution is 7.59. The Labute approximate surface area is 214 Å². The summed E-state index contributed by atoms with van der Waals surface area (Å²) >= 11 is 1.40. The SMILES string of the molecule is C.CC(C)C[C@H](NC(=O)c1ccc(-c2ccccc2)s1)C(=O)N1CC[C@H]2OCC(=O)[C@H]21.S.S. The number of hydrogen-bond acceptors (Lipinski definition) is 5. The molecular weight excluding hydrogens is 476 g/mol. The van der Waals surface area contributed by atoms with Crippen LogP contribution in [-0.2, 0) is 14.3 Å². The summed E-state index contributed by atoms with van der Waals surface area (Å²) in [6.45, 7) is 4.59. The number of thiophene rings is 1. The first kappa shape index (κ1) is 29.2. The Kier molecular flexibility index (Phi) is 11.2. The predicted molar refractivity (Wildman–Crippen MR) is 143 cm³/mol. The van der Waals surface area contributed by atoms with Crippen LogP contribution in [0.15, 0.2) is 42.5 Å². The van der Waals surface area contributed by atoms with Gasteiger partial charge in [0.15, 0.2) is 5.78 Å². The summed E-state index contributed by atoms with van der Waals surface area (Å²) in [6.07, 6.45) is 0.975. The van der Waals surface area contributed by atoms with Gasteiger partial charge in [-0.15, -0.1) is 11.3 Å². The van der Waals surface area contributed by atoms with E-state index in [0.717, 1.165) is 10.4 Å². The van der Waals surface area contributed by atoms with Crippen molar-refractivity contribution in [3.8, 4) is 10.4 Å². The largest absolute Gasteiger partial charge is 0.368 e. The maximum Gasteiger partial charge on any atom is 0.262 e. The third kappa shape index (κ3) is 6.41. The van der Waals surface area contributed by atoms with Crippen LogP contribution in [0.1, 0.15) is 43.8 Å². The number of nitrogens with zero attached hydrogens (tertiary/aromatic N) is 1. The number of hydrogen-bond donors (Lipinski definition) is 1. The minimum atomic E-state index is -0.660. The molecular formula is C24H34N2O4S3. The van der Waals surface area contributed by atoms with Gasteiger partial charge < -0.3 is 15.0 Å². The zero-order valence-electron chi connectivity index (χ0n) is 18.2. The fourth-order valence-electron chi connectivity index (χ4n) is 4.18. The molecule has 1 aromatic heterocycles. The second-order valence-corrected chi connectivity index (χ2v) is 9.35. The molecule has 9 heteroatoms. The molecule has 1 aromatic carbocycles. The highest BCUT2D eigenvalue weighted by Gasteiger charge is 2.48. The van der Waals surface area contributed by atoms with Crippen molar-refractivity contribution in [2.75, 3.05) is 13.2 Å². The van der Waals surface area contributed by atoms with Crippen LogP contribution in [0.5, 0.6) is 0 Å². The molecule has 2 fully saturated rings. The van der Waals surface area contributed by atoms with Gasteiger partial charge in [0.1, 0.15) is 18.7 Å². The average Bonchev–Trinajstić information content (AvgIpc) is 3.45. The Bertz CT molecular complexity index is 948. The van der Waals surface area contributed by atoms with Crippen molar-refractivity contribution < 1.29 is 19.1 Å². The van der Waals surface area contributed by atoms with Crippen molar-refractivity contribution in [1.82, 2.24) is 10.2 Å². The van der Waals surface area contributed by atoms with Crippen LogP contribution in [0, 0.1) is 5.92 Å². The number of carbonyl (C=O) groups is 3. The highest BCUT2D eigenvalue weighted by atomic mass is 32.1. The summed E-state index contributed by atoms with van der Waals surface area (Å²) < 4.78 is 5.50. The van der Waals surface area contributed by atoms with Gasteiger partial charge in [0.2, 0.25) is 5.91 Å². The first-order valence-electron chi connectivity index (χ1n) is 10.3. The first-order valence-corrected chi connectivity index (χ1v) is 11.2. The molecule has 0 spiro atoms. The maximum atomic E-state index is 13.3. The Balaban J connectivity index is 0.00000181. The summed E-state index contributed by atoms with van der Waals surface area (Å²) in [7, 11) is 0. The van der Waals surface area contributed by atoms with Crippen molar-refractivity contribution in [3.05, 3.63) is 47.3 Å². The summed E-state index contributed by atoms with van der Waals surface area (Å²) in [5.74, 6) is -0.281. The molecule has 6 nitrogen and oxygen atoms in total. The van der Waals surface area contributed by atoms with Crippen LogP contribution in [0.3, 0.4) is 0 Å². The minimum Gasteiger partial charge on any atom is -0.368 e. The highest BCUT2D eigenvalue weighted by Crippen LogP contribution is 2.30. The molecule has 1 N–H and O–H groups in total. The van der Waals surface area contributed by atoms with Crippen LogP contribution in [0.25, 0.3) is 10.4 Å². The lowest BCUT2D eigenvalue weighted by atomic mass is 10.0. The molecule has 2 aliphatic rings. The summed E-state index contributed by atoms with van der Waals surface area (Å²) in [6, 6.07) is 12.4. The van der Waals surface area contributed by atoms with Crippen LogP contribution < -0.4 is 5.32 Å². The molecule has 2 aliphatic heterocycles. The molecule has 2 amide bonds. The number of likely N-dealkylation sites (tertiary alicyclic amines) is 1. The van der Waals surface area contributed by atoms with Gasteiger partial charge in [-0.2, -0.15) is 27.0 Å². The summed E-state index contributed by atoms with van der Waals surface area (Å²) in [4.78, 5) is 41.6. The van der Waals surface area contributed by atoms with E-state index in [2.05, 4.69) is 5.32 Å². The molecule has 3 heterocycles. The van der Waals surface area contributed by atoms with Crippen LogP contribution in [0.4, 0.5) is 0 Å². The van der Waals surface area contributed by atoms with E-state index in [1.807, 2.05) is 50.2 Å². The van der Waals surface area contributed by atoms with Crippen LogP contribution >= 0.6 is 38.3 Å². The van der Waals surface area contributed by atoms with E-state index in [1.165, 1.54) is 11.3 Å². The number of rotatable bonds is 6. The molecule has 0 radical (unpaired) electrons. The number of amides is 2. The number of carbonyl (C=O) groups excluding carboxylic acids is 3. The van der Waals surface area contributed by atoms with Gasteiger partial charge in [0.05, 0.1) is 11.0 Å². The molecule has 182 valence electrons. The Hall–Kier alpha value is -1.81. The van der Waals surface area contributed by atoms with E-state index >= 15 is 0 Å². The molecule has 0 bridgehead atoms. The number of ether oxygens (including phenoxy) is 1. The van der Waals surface area contributed by atoms with E-state index in [4.69, 9.17) is 4.74 Å². The van der Waals surface area contributed by atoms with Crippen molar-refractivity contribution in [2.24, 2.45) is 5.92 Å². The Morgan fingerprint density at radius 2 is 1.85 bits per heavy atom. The number of benzene rings is 1. The molecule has 0 unspecified atom stereocenters. The molecule has 0 aliphatic carbocycles. The molecule has 2 aromatic rings. The van der Waals surface area contributed by atoms with E-state index < -0.39 is 12.1 Å². The summed E-state index contributed by atoms with van der Waals surface area (Å²) in [5, 5.41) is 2.93. The van der Waals surface area contributed by atoms with Crippen molar-refractivity contribution in [3.63, 3.8) is 0 Å². The van der Waals surface area contributed by atoms with Crippen molar-refractivity contribution >= 4 is 55.9 Å². The maximum absolute atomic E-state index is 13.3. The molecule has 4 rings (SSSR count). The lowest BCUT2D eigenvalue weighted by molar-refractivity contribution is -0.138. The fourth-order valence-corrected chi connectivity index (χ4v) is 5.10. The predicted octanol–water partition coefficient (Wildman–Crippen LogP) is 3.99. The normalized spacial score (nSPS) is 19.7. The van der Waals surface area contributed by atoms with Gasteiger partial charge in [-0.3, -0.25) is 14.4 Å². The van der Waals surface area contributed by atoms with Crippen molar-refractivity contribution in [2.45, 2.75) is 52.3 Å². The topological polar surface area (TPSA) is 75.7 Å². The molecule has 3 atom stereocenters. The van der Waals surface area contributed by atoms with Gasteiger partial charge in [-0.25, -0.2) is 0 Å². The van der Waals surface area contributed by atoms with Crippen LogP contribution in [-0.4, -0.2) is 53.8 Å². The molecule has 33 heavy (non-hydrogen) atoms. The third-order valence-electron chi connectivity index (χ3n) is 5.59. The Morgan fingerprint density at radius 3 is 2.52 bits per heavy atom. The standard InChI is InChI=1S/C23H26N2O4S.CH4.2H2S/c1-14(2)12-16(23(28)25-11-10-18-21(25)17(26)13-29-18)24-22(27)20-9-8-19(30-20)15-6-4-3-5-7-15;;;/h3-9,14,16,18,21H,10-13H2,1-2H3,(H,24,27);1H4;2*1H2/t16-,18+,21+;;;/m0.../s1. The number of fused-ring (bicyclic) bond motifs is 1. The lowest BCUT2D eigenvalue weighted by Gasteiger charge is -2.28. The first-order chi connectivity index (χ1) is 14.4. The fraction of sp³-hybridized carbons (Fsp3) is 0.458. The van der Waals surface area contributed by atoms with Crippen molar-refractivity contribution in [1.29, 1.82) is 0 Å². The van der Waals surface area contributed by atoms with E-state index in [-0.39, 0.29) is 70.6 Å². The van der Waals surface area contributed by atoms with E-state index in [9.17, 15) is 14.4 Å². The van der Waals surface area contributed by atoms with Gasteiger partial charge >= 0.3 is 0 Å². The third-order valence-corrected chi connectivity index (χ3v) is 6.73. The van der Waals surface area contributed by atoms with Gasteiger partial charge in [0, 0.05) is 11.4 Å². The second-order valence-electron chi connectivity index (χ2n) is 8.27. The number of nitrogens with one attached hydrogen (secondary N) is 1. The summed E-state index contributed by atoms with van der Waals surface area (Å²) in [5.41, 5.74) is 1.05. The molecule has 2 saturated heterocycles. The smallest absolute Gasteiger partial charge is 0.262 e.